The molecule has 1 rings (SSSR count). The average Bonchev–Trinajstić information content (AvgIpc) is 2.07. The first kappa shape index (κ1) is 7.77. The Morgan fingerprint density at radius 3 is 2.64 bits per heavy atom. The quantitative estimate of drug-likeness (QED) is 0.599. The summed E-state index contributed by atoms with van der Waals surface area (Å²) in [4.78, 5) is 3.99. The van der Waals surface area contributed by atoms with Gasteiger partial charge in [-0.2, -0.15) is 0 Å². The molecule has 0 atom stereocenters. The van der Waals surface area contributed by atoms with Crippen LogP contribution in [0.15, 0.2) is 30.3 Å². The highest BCUT2D eigenvalue weighted by molar-refractivity contribution is 5.16. The third-order valence-corrected chi connectivity index (χ3v) is 1.31. The van der Waals surface area contributed by atoms with Crippen molar-refractivity contribution in [2.45, 2.75) is 6.54 Å². The Bertz CT molecular complexity index is 256. The van der Waals surface area contributed by atoms with Gasteiger partial charge in [0.25, 0.3) is 12.6 Å². The summed E-state index contributed by atoms with van der Waals surface area (Å²) in [6.07, 6.45) is 0. The van der Waals surface area contributed by atoms with E-state index in [1.54, 1.807) is 0 Å². The van der Waals surface area contributed by atoms with Gasteiger partial charge in [-0.25, -0.2) is 0 Å². The lowest BCUT2D eigenvalue weighted by molar-refractivity contribution is 1.23. The molecular weight excluding hydrogens is 136 g/mol. The maximum absolute atomic E-state index is 5.19. The second-order valence-electron chi connectivity index (χ2n) is 2.16. The smallest absolute Gasteiger partial charge is 0.288 e. The van der Waals surface area contributed by atoms with Gasteiger partial charge in [0.05, 0.1) is 0 Å². The minimum absolute atomic E-state index is 0.396. The summed E-state index contributed by atoms with van der Waals surface area (Å²) in [5, 5.41) is 0. The lowest BCUT2D eigenvalue weighted by Crippen LogP contribution is -1.92. The van der Waals surface area contributed by atoms with E-state index in [-0.39, 0.29) is 0 Å². The normalized spacial score (nSPS) is 8.45. The van der Waals surface area contributed by atoms with Crippen molar-refractivity contribution < 1.29 is 0 Å². The molecule has 0 bridgehead atoms. The topological polar surface area (TPSA) is 30.4 Å². The Hall–Kier alpha value is -1.33. The predicted molar refractivity (Wildman–Crippen MR) is 46.4 cm³/mol. The van der Waals surface area contributed by atoms with E-state index in [1.807, 2.05) is 30.3 Å². The van der Waals surface area contributed by atoms with Gasteiger partial charge in [0.2, 0.25) is 0 Å². The van der Waals surface area contributed by atoms with Crippen molar-refractivity contribution >= 4 is 0 Å². The molecule has 0 aliphatic heterocycles. The van der Waals surface area contributed by atoms with Crippen LogP contribution < -0.4 is 5.73 Å². The molecule has 0 aliphatic rings. The minimum atomic E-state index is 0.396. The van der Waals surface area contributed by atoms with Gasteiger partial charge in [-0.15, -0.1) is 0 Å². The second kappa shape index (κ2) is 4.48. The van der Waals surface area contributed by atoms with E-state index in [1.165, 1.54) is 5.56 Å². The zero-order valence-corrected chi connectivity index (χ0v) is 6.33. The summed E-state index contributed by atoms with van der Waals surface area (Å²) in [5.41, 5.74) is 6.38. The fourth-order valence-electron chi connectivity index (χ4n) is 0.795. The van der Waals surface area contributed by atoms with Gasteiger partial charge in [-0.05, 0) is 0 Å². The average molecular weight is 147 g/mol. The Morgan fingerprint density at radius 1 is 1.27 bits per heavy atom. The van der Waals surface area contributed by atoms with E-state index < -0.39 is 0 Å². The maximum atomic E-state index is 5.19. The van der Waals surface area contributed by atoms with Crippen molar-refractivity contribution in [1.82, 2.24) is 0 Å². The molecule has 2 nitrogen and oxygen atoms in total. The van der Waals surface area contributed by atoms with Gasteiger partial charge in [0.1, 0.15) is 6.54 Å². The maximum Gasteiger partial charge on any atom is 0.288 e. The first-order chi connectivity index (χ1) is 5.43. The molecule has 0 radical (unpaired) electrons. The first-order valence-electron chi connectivity index (χ1n) is 3.57. The van der Waals surface area contributed by atoms with Gasteiger partial charge < -0.3 is 5.73 Å². The number of rotatable bonds is 1. The fourth-order valence-corrected chi connectivity index (χ4v) is 0.795. The zero-order chi connectivity index (χ0) is 7.94. The number of hydrogen-bond donors (Lipinski definition) is 1. The zero-order valence-electron chi connectivity index (χ0n) is 6.33. The highest BCUT2D eigenvalue weighted by Gasteiger charge is 1.93. The molecule has 0 amide bonds. The van der Waals surface area contributed by atoms with Crippen LogP contribution in [0.25, 0.3) is 4.85 Å². The largest absolute Gasteiger partial charge is 0.315 e. The molecule has 11 heavy (non-hydrogen) atoms. The van der Waals surface area contributed by atoms with Crippen LogP contribution in [0.1, 0.15) is 5.56 Å². The molecule has 0 saturated heterocycles. The van der Waals surface area contributed by atoms with E-state index in [2.05, 4.69) is 10.9 Å². The lowest BCUT2D eigenvalue weighted by atomic mass is 10.2. The van der Waals surface area contributed by atoms with E-state index >= 15 is 0 Å². The monoisotopic (exact) mass is 147 g/mol. The highest BCUT2D eigenvalue weighted by Crippen LogP contribution is 1.99. The van der Waals surface area contributed by atoms with E-state index in [9.17, 15) is 0 Å². The third-order valence-electron chi connectivity index (χ3n) is 1.31. The number of benzene rings is 1. The van der Waals surface area contributed by atoms with Crippen LogP contribution in [0.4, 0.5) is 0 Å². The van der Waals surface area contributed by atoms with E-state index in [4.69, 9.17) is 5.73 Å². The van der Waals surface area contributed by atoms with Crippen LogP contribution in [0.3, 0.4) is 0 Å². The van der Waals surface area contributed by atoms with Gasteiger partial charge in [-0.1, -0.05) is 35.2 Å². The molecule has 0 aliphatic carbocycles. The summed E-state index contributed by atoms with van der Waals surface area (Å²) in [5.74, 6) is 0. The second-order valence-corrected chi connectivity index (χ2v) is 2.16. The third kappa shape index (κ3) is 2.83. The molecule has 0 spiro atoms. The summed E-state index contributed by atoms with van der Waals surface area (Å²) in [7, 11) is 0. The van der Waals surface area contributed by atoms with Crippen LogP contribution in [-0.2, 0) is 6.54 Å². The Balaban J connectivity index is 2.52. The molecule has 56 valence electrons. The van der Waals surface area contributed by atoms with E-state index in [0.29, 0.717) is 13.1 Å². The van der Waals surface area contributed by atoms with Gasteiger partial charge in [-0.3, -0.25) is 0 Å². The number of nitrogens with two attached hydrogens (primary N) is 1. The van der Waals surface area contributed by atoms with Crippen molar-refractivity contribution in [2.24, 2.45) is 5.73 Å². The SMILES string of the molecule is NCC#[N+]Cc1ccccc1. The van der Waals surface area contributed by atoms with Crippen LogP contribution in [0.2, 0.25) is 0 Å². The van der Waals surface area contributed by atoms with E-state index in [0.717, 1.165) is 0 Å². The van der Waals surface area contributed by atoms with Crippen LogP contribution >= 0.6 is 0 Å². The van der Waals surface area contributed by atoms with Crippen LogP contribution in [0, 0.1) is 6.07 Å². The van der Waals surface area contributed by atoms with Crippen molar-refractivity contribution in [3.05, 3.63) is 40.7 Å². The standard InChI is InChI=1S/C9H11N2/c10-6-7-11-8-9-4-2-1-3-5-9/h1-5H,6,8,10H2/q+1. The molecule has 2 heteroatoms. The molecule has 0 fully saturated rings. The Labute approximate surface area is 66.5 Å². The molecule has 0 unspecified atom stereocenters. The van der Waals surface area contributed by atoms with Crippen molar-refractivity contribution in [3.63, 3.8) is 0 Å². The Morgan fingerprint density at radius 2 is 2.00 bits per heavy atom. The molecule has 0 aromatic heterocycles. The van der Waals surface area contributed by atoms with Crippen LogP contribution in [0.5, 0.6) is 0 Å². The number of hydrogen-bond acceptors (Lipinski definition) is 1. The first-order valence-corrected chi connectivity index (χ1v) is 3.57. The lowest BCUT2D eigenvalue weighted by Gasteiger charge is -1.83. The van der Waals surface area contributed by atoms with Gasteiger partial charge in [0, 0.05) is 5.56 Å². The molecule has 1 aromatic carbocycles. The van der Waals surface area contributed by atoms with Gasteiger partial charge >= 0.3 is 0 Å². The van der Waals surface area contributed by atoms with Crippen LogP contribution in [-0.4, -0.2) is 6.54 Å². The molecule has 0 heterocycles. The summed E-state index contributed by atoms with van der Waals surface area (Å²) < 4.78 is 0. The molecular formula is C9H11N2+. The highest BCUT2D eigenvalue weighted by atomic mass is 14.7. The fraction of sp³-hybridized carbons (Fsp3) is 0.222. The van der Waals surface area contributed by atoms with Crippen molar-refractivity contribution in [1.29, 1.82) is 0 Å². The Kier molecular flexibility index (Phi) is 3.17. The van der Waals surface area contributed by atoms with Gasteiger partial charge in [0.15, 0.2) is 0 Å². The predicted octanol–water partition coefficient (Wildman–Crippen LogP) is 1.48. The van der Waals surface area contributed by atoms with Crippen molar-refractivity contribution in [3.8, 4) is 6.07 Å². The molecule has 1 aromatic rings. The summed E-state index contributed by atoms with van der Waals surface area (Å²) >= 11 is 0. The summed E-state index contributed by atoms with van der Waals surface area (Å²) in [6, 6.07) is 12.7. The minimum Gasteiger partial charge on any atom is -0.315 e. The molecule has 2 N–H and O–H groups in total. The number of nitrogens with zero attached hydrogens (tertiary/aromatic N) is 1. The summed E-state index contributed by atoms with van der Waals surface area (Å²) in [6.45, 7) is 1.07. The van der Waals surface area contributed by atoms with Crippen molar-refractivity contribution in [2.75, 3.05) is 6.54 Å². The molecule has 0 saturated carbocycles.